The summed E-state index contributed by atoms with van der Waals surface area (Å²) in [6.07, 6.45) is 1.51. The lowest BCUT2D eigenvalue weighted by Crippen LogP contribution is -2.49. The van der Waals surface area contributed by atoms with E-state index < -0.39 is 10.0 Å². The molecule has 1 aliphatic heterocycles. The van der Waals surface area contributed by atoms with Crippen molar-refractivity contribution in [2.75, 3.05) is 57.3 Å². The Kier molecular flexibility index (Phi) is 8.33. The van der Waals surface area contributed by atoms with E-state index in [-0.39, 0.29) is 11.0 Å². The molecule has 2 aromatic carbocycles. The summed E-state index contributed by atoms with van der Waals surface area (Å²) in [5, 5.41) is 0.762. The summed E-state index contributed by atoms with van der Waals surface area (Å²) < 4.78 is 34.6. The van der Waals surface area contributed by atoms with E-state index in [9.17, 15) is 8.42 Å². The van der Waals surface area contributed by atoms with Gasteiger partial charge in [-0.15, -0.1) is 0 Å². The molecule has 3 aromatic rings. The first-order valence-electron chi connectivity index (χ1n) is 12.4. The van der Waals surface area contributed by atoms with Gasteiger partial charge in [0.25, 0.3) is 0 Å². The molecule has 0 radical (unpaired) electrons. The molecule has 0 N–H and O–H groups in total. The highest BCUT2D eigenvalue weighted by atomic mass is 32.2. The fraction of sp³-hybridized carbons (Fsp3) is 0.462. The maximum atomic E-state index is 13.5. The van der Waals surface area contributed by atoms with Crippen LogP contribution in [-0.2, 0) is 14.8 Å². The van der Waals surface area contributed by atoms with Gasteiger partial charge in [-0.25, -0.2) is 18.4 Å². The number of hydrogen-bond donors (Lipinski definition) is 0. The molecule has 188 valence electrons. The number of nitrogens with zero attached hydrogens (tertiary/aromatic N) is 5. The van der Waals surface area contributed by atoms with Crippen LogP contribution in [0, 0.1) is 0 Å². The molecule has 2 heterocycles. The Labute approximate surface area is 208 Å². The van der Waals surface area contributed by atoms with Crippen LogP contribution in [0.15, 0.2) is 59.8 Å². The number of piperazine rings is 1. The summed E-state index contributed by atoms with van der Waals surface area (Å²) in [4.78, 5) is 13.5. The van der Waals surface area contributed by atoms with E-state index in [0.29, 0.717) is 32.8 Å². The van der Waals surface area contributed by atoms with Crippen LogP contribution in [-0.4, -0.2) is 80.0 Å². The highest BCUT2D eigenvalue weighted by molar-refractivity contribution is 7.89. The number of benzene rings is 2. The minimum Gasteiger partial charge on any atom is -0.372 e. The van der Waals surface area contributed by atoms with E-state index in [1.165, 1.54) is 6.33 Å². The van der Waals surface area contributed by atoms with Crippen molar-refractivity contribution < 1.29 is 13.2 Å². The van der Waals surface area contributed by atoms with Crippen LogP contribution in [0.3, 0.4) is 0 Å². The zero-order valence-electron chi connectivity index (χ0n) is 20.8. The lowest BCUT2D eigenvalue weighted by Gasteiger charge is -2.35. The summed E-state index contributed by atoms with van der Waals surface area (Å²) in [6.45, 7) is 11.3. The fourth-order valence-electron chi connectivity index (χ4n) is 4.62. The predicted molar refractivity (Wildman–Crippen MR) is 139 cm³/mol. The van der Waals surface area contributed by atoms with Crippen molar-refractivity contribution >= 4 is 26.7 Å². The van der Waals surface area contributed by atoms with Gasteiger partial charge in [0.15, 0.2) is 0 Å². The van der Waals surface area contributed by atoms with Gasteiger partial charge in [-0.2, -0.15) is 4.31 Å². The van der Waals surface area contributed by atoms with Crippen molar-refractivity contribution in [3.05, 3.63) is 60.4 Å². The fourth-order valence-corrected chi connectivity index (χ4v) is 6.07. The Hall–Kier alpha value is -2.59. The Balaban J connectivity index is 1.49. The molecule has 8 nitrogen and oxygen atoms in total. The Morgan fingerprint density at radius 2 is 1.69 bits per heavy atom. The van der Waals surface area contributed by atoms with Crippen molar-refractivity contribution in [1.29, 1.82) is 0 Å². The first-order valence-corrected chi connectivity index (χ1v) is 13.8. The number of fused-ring (bicyclic) bond motifs is 1. The molecule has 1 atom stereocenters. The molecule has 0 spiro atoms. The van der Waals surface area contributed by atoms with E-state index in [4.69, 9.17) is 4.74 Å². The average molecular weight is 498 g/mol. The summed E-state index contributed by atoms with van der Waals surface area (Å²) in [5.74, 6) is 0.768. The molecule has 0 amide bonds. The van der Waals surface area contributed by atoms with Gasteiger partial charge in [-0.05, 0) is 44.5 Å². The second-order valence-electron chi connectivity index (χ2n) is 8.61. The molecule has 1 fully saturated rings. The van der Waals surface area contributed by atoms with Gasteiger partial charge in [-0.3, -0.25) is 4.90 Å². The smallest absolute Gasteiger partial charge is 0.243 e. The molecular formula is C26H35N5O3S. The number of ether oxygens (including phenoxy) is 1. The van der Waals surface area contributed by atoms with E-state index in [1.807, 2.05) is 25.1 Å². The quantitative estimate of drug-likeness (QED) is 0.424. The third-order valence-electron chi connectivity index (χ3n) is 6.58. The van der Waals surface area contributed by atoms with Gasteiger partial charge in [0.1, 0.15) is 12.1 Å². The standard InChI is InChI=1S/C26H35N5O3S/c1-4-30(5-2)26-23-18-22(12-13-24(23)27-20-28-26)35(32,33)31-16-14-29(15-17-31)19-25(34-6-3)21-10-8-7-9-11-21/h7-13,18,20,25H,4-6,14-17,19H2,1-3H3. The normalized spacial score (nSPS) is 16.4. The Morgan fingerprint density at radius 3 is 2.34 bits per heavy atom. The molecule has 9 heteroatoms. The number of anilines is 1. The van der Waals surface area contributed by atoms with E-state index in [1.54, 1.807) is 22.5 Å². The molecular weight excluding hydrogens is 462 g/mol. The molecule has 1 aromatic heterocycles. The van der Waals surface area contributed by atoms with Crippen molar-refractivity contribution in [1.82, 2.24) is 19.2 Å². The topological polar surface area (TPSA) is 78.9 Å². The van der Waals surface area contributed by atoms with Gasteiger partial charge >= 0.3 is 0 Å². The third kappa shape index (κ3) is 5.64. The zero-order valence-corrected chi connectivity index (χ0v) is 21.6. The highest BCUT2D eigenvalue weighted by Gasteiger charge is 2.30. The monoisotopic (exact) mass is 497 g/mol. The minimum absolute atomic E-state index is 0.0247. The lowest BCUT2D eigenvalue weighted by atomic mass is 10.1. The second-order valence-corrected chi connectivity index (χ2v) is 10.5. The largest absolute Gasteiger partial charge is 0.372 e. The Bertz CT molecular complexity index is 1210. The first kappa shape index (κ1) is 25.5. The SMILES string of the molecule is CCOC(CN1CCN(S(=O)(=O)c2ccc3ncnc(N(CC)CC)c3c2)CC1)c1ccccc1. The molecule has 4 rings (SSSR count). The molecule has 1 aliphatic rings. The highest BCUT2D eigenvalue weighted by Crippen LogP contribution is 2.28. The number of hydrogen-bond acceptors (Lipinski definition) is 7. The number of rotatable bonds is 10. The summed E-state index contributed by atoms with van der Waals surface area (Å²) in [5.41, 5.74) is 1.89. The van der Waals surface area contributed by atoms with Crippen LogP contribution < -0.4 is 4.90 Å². The molecule has 0 bridgehead atoms. The molecule has 35 heavy (non-hydrogen) atoms. The molecule has 1 saturated heterocycles. The molecule has 0 aliphatic carbocycles. The maximum absolute atomic E-state index is 13.5. The summed E-state index contributed by atoms with van der Waals surface area (Å²) in [6, 6.07) is 15.4. The van der Waals surface area contributed by atoms with Crippen molar-refractivity contribution in [3.63, 3.8) is 0 Å². The van der Waals surface area contributed by atoms with Gasteiger partial charge in [0.05, 0.1) is 16.5 Å². The maximum Gasteiger partial charge on any atom is 0.243 e. The number of sulfonamides is 1. The van der Waals surface area contributed by atoms with Gasteiger partial charge in [0.2, 0.25) is 10.0 Å². The van der Waals surface area contributed by atoms with Crippen LogP contribution >= 0.6 is 0 Å². The summed E-state index contributed by atoms with van der Waals surface area (Å²) in [7, 11) is -3.62. The molecule has 0 saturated carbocycles. The van der Waals surface area contributed by atoms with Crippen molar-refractivity contribution in [2.45, 2.75) is 31.8 Å². The van der Waals surface area contributed by atoms with E-state index in [0.717, 1.165) is 41.9 Å². The number of aromatic nitrogens is 2. The lowest BCUT2D eigenvalue weighted by molar-refractivity contribution is 0.0249. The van der Waals surface area contributed by atoms with E-state index >= 15 is 0 Å². The third-order valence-corrected chi connectivity index (χ3v) is 8.48. The predicted octanol–water partition coefficient (Wildman–Crippen LogP) is 3.56. The summed E-state index contributed by atoms with van der Waals surface area (Å²) >= 11 is 0. The van der Waals surface area contributed by atoms with Crippen LogP contribution in [0.1, 0.15) is 32.4 Å². The molecule has 1 unspecified atom stereocenters. The minimum atomic E-state index is -3.62. The van der Waals surface area contributed by atoms with Crippen LogP contribution in [0.5, 0.6) is 0 Å². The van der Waals surface area contributed by atoms with Crippen molar-refractivity contribution in [2.24, 2.45) is 0 Å². The van der Waals surface area contributed by atoms with Crippen molar-refractivity contribution in [3.8, 4) is 0 Å². The average Bonchev–Trinajstić information content (AvgIpc) is 2.90. The Morgan fingerprint density at radius 1 is 0.971 bits per heavy atom. The van der Waals surface area contributed by atoms with Crippen LogP contribution in [0.2, 0.25) is 0 Å². The van der Waals surface area contributed by atoms with Gasteiger partial charge in [-0.1, -0.05) is 30.3 Å². The van der Waals surface area contributed by atoms with Crippen LogP contribution in [0.4, 0.5) is 5.82 Å². The van der Waals surface area contributed by atoms with Gasteiger partial charge < -0.3 is 9.64 Å². The van der Waals surface area contributed by atoms with E-state index in [2.05, 4.69) is 45.7 Å². The second kappa shape index (κ2) is 11.4. The first-order chi connectivity index (χ1) is 17.0. The van der Waals surface area contributed by atoms with Crippen LogP contribution in [0.25, 0.3) is 10.9 Å². The van der Waals surface area contributed by atoms with Gasteiger partial charge in [0, 0.05) is 57.8 Å². The zero-order chi connectivity index (χ0) is 24.8.